The summed E-state index contributed by atoms with van der Waals surface area (Å²) in [6, 6.07) is 8.38. The van der Waals surface area contributed by atoms with Crippen LogP contribution in [0.5, 0.6) is 0 Å². The zero-order valence-corrected chi connectivity index (χ0v) is 13.1. The summed E-state index contributed by atoms with van der Waals surface area (Å²) in [5, 5.41) is 6.45. The van der Waals surface area contributed by atoms with Crippen molar-refractivity contribution in [2.75, 3.05) is 13.1 Å². The number of benzene rings is 1. The van der Waals surface area contributed by atoms with Crippen molar-refractivity contribution in [1.29, 1.82) is 0 Å². The molecule has 0 spiro atoms. The summed E-state index contributed by atoms with van der Waals surface area (Å²) in [4.78, 5) is 12.4. The number of hydrogen-bond donors (Lipinski definition) is 2. The van der Waals surface area contributed by atoms with Crippen molar-refractivity contribution in [3.8, 4) is 0 Å². The van der Waals surface area contributed by atoms with Crippen molar-refractivity contribution < 1.29 is 4.79 Å². The maximum Gasteiger partial charge on any atom is 0.230 e. The third-order valence-electron chi connectivity index (χ3n) is 3.80. The highest BCUT2D eigenvalue weighted by atomic mass is 79.9. The highest BCUT2D eigenvalue weighted by molar-refractivity contribution is 9.10. The summed E-state index contributed by atoms with van der Waals surface area (Å²) in [7, 11) is 0. The minimum atomic E-state index is -0.501. The van der Waals surface area contributed by atoms with E-state index in [2.05, 4.69) is 26.6 Å². The van der Waals surface area contributed by atoms with E-state index in [1.807, 2.05) is 38.1 Å². The first-order valence-electron chi connectivity index (χ1n) is 6.78. The predicted octanol–water partition coefficient (Wildman–Crippen LogP) is 2.59. The van der Waals surface area contributed by atoms with E-state index >= 15 is 0 Å². The third kappa shape index (κ3) is 3.57. The van der Waals surface area contributed by atoms with Crippen molar-refractivity contribution in [3.63, 3.8) is 0 Å². The first-order valence-corrected chi connectivity index (χ1v) is 7.57. The molecule has 1 aliphatic rings. The Morgan fingerprint density at radius 3 is 2.68 bits per heavy atom. The number of carbonyl (C=O) groups excluding carboxylic acids is 1. The van der Waals surface area contributed by atoms with E-state index in [1.165, 1.54) is 6.42 Å². The Balaban J connectivity index is 1.97. The quantitative estimate of drug-likeness (QED) is 0.893. The van der Waals surface area contributed by atoms with E-state index in [9.17, 15) is 4.79 Å². The fourth-order valence-electron chi connectivity index (χ4n) is 2.37. The van der Waals surface area contributed by atoms with Crippen LogP contribution in [0.1, 0.15) is 32.3 Å². The van der Waals surface area contributed by atoms with E-state index in [4.69, 9.17) is 0 Å². The molecule has 1 aromatic carbocycles. The molecule has 104 valence electrons. The summed E-state index contributed by atoms with van der Waals surface area (Å²) in [5.74, 6) is 0.0866. The fourth-order valence-corrected chi connectivity index (χ4v) is 2.63. The number of rotatable bonds is 4. The van der Waals surface area contributed by atoms with Crippen molar-refractivity contribution in [1.82, 2.24) is 10.6 Å². The Morgan fingerprint density at radius 2 is 2.11 bits per heavy atom. The predicted molar refractivity (Wildman–Crippen MR) is 81.2 cm³/mol. The molecule has 0 bridgehead atoms. The number of nitrogens with one attached hydrogen (secondary N) is 2. The van der Waals surface area contributed by atoms with Gasteiger partial charge in [-0.25, -0.2) is 0 Å². The van der Waals surface area contributed by atoms with Crippen LogP contribution < -0.4 is 10.6 Å². The van der Waals surface area contributed by atoms with Gasteiger partial charge in [0.1, 0.15) is 0 Å². The molecule has 0 radical (unpaired) electrons. The molecule has 3 nitrogen and oxygen atoms in total. The first-order chi connectivity index (χ1) is 9.00. The molecular formula is C15H21BrN2O. The van der Waals surface area contributed by atoms with Gasteiger partial charge < -0.3 is 10.6 Å². The molecule has 0 saturated carbocycles. The Bertz CT molecular complexity index is 436. The highest BCUT2D eigenvalue weighted by Crippen LogP contribution is 2.25. The number of halogens is 1. The minimum Gasteiger partial charge on any atom is -0.354 e. The average Bonchev–Trinajstić information content (AvgIpc) is 2.89. The molecule has 4 heteroatoms. The second-order valence-electron chi connectivity index (χ2n) is 5.64. The van der Waals surface area contributed by atoms with Gasteiger partial charge in [0.05, 0.1) is 5.41 Å². The molecule has 1 amide bonds. The molecule has 19 heavy (non-hydrogen) atoms. The van der Waals surface area contributed by atoms with Gasteiger partial charge in [-0.15, -0.1) is 0 Å². The molecule has 1 aromatic rings. The minimum absolute atomic E-state index is 0.0866. The number of carbonyl (C=O) groups is 1. The van der Waals surface area contributed by atoms with Crippen LogP contribution in [0.2, 0.25) is 0 Å². The maximum atomic E-state index is 12.4. The molecular weight excluding hydrogens is 304 g/mol. The van der Waals surface area contributed by atoms with Gasteiger partial charge in [-0.3, -0.25) is 4.79 Å². The van der Waals surface area contributed by atoms with E-state index < -0.39 is 5.41 Å². The smallest absolute Gasteiger partial charge is 0.230 e. The zero-order valence-electron chi connectivity index (χ0n) is 11.5. The van der Waals surface area contributed by atoms with E-state index in [0.717, 1.165) is 29.5 Å². The highest BCUT2D eigenvalue weighted by Gasteiger charge is 2.30. The van der Waals surface area contributed by atoms with Gasteiger partial charge in [-0.1, -0.05) is 28.1 Å². The number of amides is 1. The van der Waals surface area contributed by atoms with Crippen LogP contribution in [0.3, 0.4) is 0 Å². The van der Waals surface area contributed by atoms with Crippen LogP contribution in [0.15, 0.2) is 28.7 Å². The normalized spacial score (nSPS) is 19.4. The standard InChI is InChI=1S/C15H21BrN2O/c1-15(2,11-5-7-12(16)8-6-11)14(19)18-10-13-4-3-9-17-13/h5-8,13,17H,3-4,9-10H2,1-2H3,(H,18,19). The lowest BCUT2D eigenvalue weighted by Crippen LogP contribution is -2.45. The van der Waals surface area contributed by atoms with Gasteiger partial charge in [0.25, 0.3) is 0 Å². The molecule has 1 fully saturated rings. The molecule has 0 aliphatic carbocycles. The maximum absolute atomic E-state index is 12.4. The summed E-state index contributed by atoms with van der Waals surface area (Å²) >= 11 is 3.42. The van der Waals surface area contributed by atoms with Gasteiger partial charge in [0.2, 0.25) is 5.91 Å². The Kier molecular flexibility index (Phi) is 4.63. The molecule has 1 saturated heterocycles. The van der Waals surface area contributed by atoms with Gasteiger partial charge in [-0.05, 0) is 50.9 Å². The largest absolute Gasteiger partial charge is 0.354 e. The van der Waals surface area contributed by atoms with Crippen LogP contribution in [-0.2, 0) is 10.2 Å². The van der Waals surface area contributed by atoms with Gasteiger partial charge in [0.15, 0.2) is 0 Å². The molecule has 1 aliphatic heterocycles. The second-order valence-corrected chi connectivity index (χ2v) is 6.55. The molecule has 1 heterocycles. The van der Waals surface area contributed by atoms with Crippen molar-refractivity contribution in [2.45, 2.75) is 38.1 Å². The fraction of sp³-hybridized carbons (Fsp3) is 0.533. The van der Waals surface area contributed by atoms with Gasteiger partial charge in [-0.2, -0.15) is 0 Å². The van der Waals surface area contributed by atoms with Crippen LogP contribution in [0.25, 0.3) is 0 Å². The Morgan fingerprint density at radius 1 is 1.42 bits per heavy atom. The summed E-state index contributed by atoms with van der Waals surface area (Å²) in [5.41, 5.74) is 0.534. The summed E-state index contributed by atoms with van der Waals surface area (Å²) < 4.78 is 1.03. The van der Waals surface area contributed by atoms with Crippen LogP contribution >= 0.6 is 15.9 Å². The SMILES string of the molecule is CC(C)(C(=O)NCC1CCCN1)c1ccc(Br)cc1. The summed E-state index contributed by atoms with van der Waals surface area (Å²) in [6.07, 6.45) is 2.36. The van der Waals surface area contributed by atoms with Crippen molar-refractivity contribution in [2.24, 2.45) is 0 Å². The molecule has 2 rings (SSSR count). The monoisotopic (exact) mass is 324 g/mol. The number of hydrogen-bond acceptors (Lipinski definition) is 2. The first kappa shape index (κ1) is 14.5. The molecule has 2 N–H and O–H groups in total. The van der Waals surface area contributed by atoms with Crippen molar-refractivity contribution in [3.05, 3.63) is 34.3 Å². The lowest BCUT2D eigenvalue weighted by Gasteiger charge is -2.25. The van der Waals surface area contributed by atoms with Gasteiger partial charge >= 0.3 is 0 Å². The molecule has 1 unspecified atom stereocenters. The third-order valence-corrected chi connectivity index (χ3v) is 4.33. The lowest BCUT2D eigenvalue weighted by molar-refractivity contribution is -0.125. The van der Waals surface area contributed by atoms with Gasteiger partial charge in [0, 0.05) is 17.1 Å². The van der Waals surface area contributed by atoms with E-state index in [0.29, 0.717) is 6.04 Å². The second kappa shape index (κ2) is 6.06. The van der Waals surface area contributed by atoms with Crippen molar-refractivity contribution >= 4 is 21.8 Å². The zero-order chi connectivity index (χ0) is 13.9. The van der Waals surface area contributed by atoms with Crippen LogP contribution in [0, 0.1) is 0 Å². The molecule has 1 atom stereocenters. The summed E-state index contributed by atoms with van der Waals surface area (Å²) in [6.45, 7) is 5.72. The van der Waals surface area contributed by atoms with Crippen LogP contribution in [-0.4, -0.2) is 25.0 Å². The topological polar surface area (TPSA) is 41.1 Å². The van der Waals surface area contributed by atoms with E-state index in [-0.39, 0.29) is 5.91 Å². The lowest BCUT2D eigenvalue weighted by atomic mass is 9.83. The Hall–Kier alpha value is -0.870. The van der Waals surface area contributed by atoms with Crippen LogP contribution in [0.4, 0.5) is 0 Å². The average molecular weight is 325 g/mol. The Labute approximate surface area is 123 Å². The van der Waals surface area contributed by atoms with E-state index in [1.54, 1.807) is 0 Å². The molecule has 0 aromatic heterocycles.